The minimum Gasteiger partial charge on any atom is -0.456 e. The van der Waals surface area contributed by atoms with E-state index < -0.39 is 0 Å². The Hall–Kier alpha value is -1.67. The molecule has 0 saturated heterocycles. The molecular weight excluding hydrogens is 246 g/mol. The van der Waals surface area contributed by atoms with Crippen LogP contribution in [0.15, 0.2) is 42.5 Å². The summed E-state index contributed by atoms with van der Waals surface area (Å²) in [6.07, 6.45) is 2.27. The number of aryl methyl sites for hydroxylation is 1. The van der Waals surface area contributed by atoms with Crippen LogP contribution in [0.3, 0.4) is 0 Å². The molecule has 0 unspecified atom stereocenters. The van der Waals surface area contributed by atoms with Crippen molar-refractivity contribution in [3.05, 3.63) is 53.1 Å². The number of para-hydroxylation sites is 1. The number of anilines is 1. The van der Waals surface area contributed by atoms with Crippen LogP contribution < -0.4 is 10.1 Å². The van der Waals surface area contributed by atoms with E-state index in [0.29, 0.717) is 10.8 Å². The van der Waals surface area contributed by atoms with Gasteiger partial charge in [-0.25, -0.2) is 0 Å². The third kappa shape index (κ3) is 2.29. The third-order valence-electron chi connectivity index (χ3n) is 3.08. The highest BCUT2D eigenvalue weighted by molar-refractivity contribution is 6.32. The van der Waals surface area contributed by atoms with Gasteiger partial charge in [-0.2, -0.15) is 0 Å². The number of halogens is 1. The molecule has 2 nitrogen and oxygen atoms in total. The van der Waals surface area contributed by atoms with Gasteiger partial charge in [-0.15, -0.1) is 0 Å². The molecule has 0 radical (unpaired) electrons. The maximum Gasteiger partial charge on any atom is 0.146 e. The van der Waals surface area contributed by atoms with Crippen LogP contribution in [-0.2, 0) is 6.42 Å². The van der Waals surface area contributed by atoms with Gasteiger partial charge < -0.3 is 10.1 Å². The molecule has 2 aromatic carbocycles. The zero-order valence-corrected chi connectivity index (χ0v) is 10.7. The van der Waals surface area contributed by atoms with E-state index in [1.54, 1.807) is 0 Å². The zero-order valence-electron chi connectivity index (χ0n) is 9.95. The second kappa shape index (κ2) is 4.91. The predicted molar refractivity (Wildman–Crippen MR) is 74.8 cm³/mol. The van der Waals surface area contributed by atoms with Crippen molar-refractivity contribution in [2.75, 3.05) is 11.9 Å². The topological polar surface area (TPSA) is 21.3 Å². The molecule has 0 bridgehead atoms. The van der Waals surface area contributed by atoms with Gasteiger partial charge in [0.2, 0.25) is 0 Å². The predicted octanol–water partition coefficient (Wildman–Crippen LogP) is 4.49. The minimum absolute atomic E-state index is 0.633. The van der Waals surface area contributed by atoms with Crippen LogP contribution in [0.4, 0.5) is 5.69 Å². The Morgan fingerprint density at radius 3 is 2.89 bits per heavy atom. The molecule has 18 heavy (non-hydrogen) atoms. The molecule has 0 fully saturated rings. The summed E-state index contributed by atoms with van der Waals surface area (Å²) in [4.78, 5) is 0. The fourth-order valence-corrected chi connectivity index (χ4v) is 2.34. The van der Waals surface area contributed by atoms with Crippen molar-refractivity contribution in [1.82, 2.24) is 0 Å². The van der Waals surface area contributed by atoms with Gasteiger partial charge in [0.1, 0.15) is 11.5 Å². The first-order valence-corrected chi connectivity index (χ1v) is 6.50. The molecule has 0 saturated carbocycles. The second-order valence-corrected chi connectivity index (χ2v) is 4.79. The van der Waals surface area contributed by atoms with Crippen LogP contribution >= 0.6 is 11.6 Å². The quantitative estimate of drug-likeness (QED) is 0.858. The van der Waals surface area contributed by atoms with E-state index in [4.69, 9.17) is 16.3 Å². The first-order valence-electron chi connectivity index (χ1n) is 6.12. The Morgan fingerprint density at radius 2 is 2.00 bits per heavy atom. The van der Waals surface area contributed by atoms with E-state index in [2.05, 4.69) is 17.4 Å². The highest BCUT2D eigenvalue weighted by Gasteiger charge is 2.10. The van der Waals surface area contributed by atoms with Gasteiger partial charge in [-0.3, -0.25) is 0 Å². The molecule has 1 aliphatic rings. The summed E-state index contributed by atoms with van der Waals surface area (Å²) in [5, 5.41) is 4.02. The maximum absolute atomic E-state index is 6.08. The molecule has 0 atom stereocenters. The first kappa shape index (κ1) is 11.4. The molecule has 0 aliphatic carbocycles. The van der Waals surface area contributed by atoms with Crippen molar-refractivity contribution in [3.63, 3.8) is 0 Å². The van der Waals surface area contributed by atoms with Crippen molar-refractivity contribution in [2.24, 2.45) is 0 Å². The largest absolute Gasteiger partial charge is 0.456 e. The van der Waals surface area contributed by atoms with E-state index in [0.717, 1.165) is 18.7 Å². The number of nitrogens with one attached hydrogen (secondary N) is 1. The average Bonchev–Trinajstić information content (AvgIpc) is 2.41. The summed E-state index contributed by atoms with van der Waals surface area (Å²) in [7, 11) is 0. The fourth-order valence-electron chi connectivity index (χ4n) is 2.17. The lowest BCUT2D eigenvalue weighted by Gasteiger charge is -2.18. The first-order chi connectivity index (χ1) is 8.83. The molecule has 0 aromatic heterocycles. The Labute approximate surface area is 112 Å². The van der Waals surface area contributed by atoms with Crippen LogP contribution in [0.25, 0.3) is 0 Å². The highest BCUT2D eigenvalue weighted by Crippen LogP contribution is 2.32. The molecule has 1 aliphatic heterocycles. The van der Waals surface area contributed by atoms with Crippen LogP contribution in [-0.4, -0.2) is 6.54 Å². The molecule has 1 heterocycles. The van der Waals surface area contributed by atoms with Gasteiger partial charge in [0, 0.05) is 12.2 Å². The molecule has 3 rings (SSSR count). The van der Waals surface area contributed by atoms with Crippen molar-refractivity contribution in [1.29, 1.82) is 0 Å². The Balaban J connectivity index is 1.87. The monoisotopic (exact) mass is 259 g/mol. The maximum atomic E-state index is 6.08. The summed E-state index contributed by atoms with van der Waals surface area (Å²) in [5.74, 6) is 1.54. The lowest BCUT2D eigenvalue weighted by atomic mass is 10.0. The number of hydrogen-bond donors (Lipinski definition) is 1. The highest BCUT2D eigenvalue weighted by atomic mass is 35.5. The second-order valence-electron chi connectivity index (χ2n) is 4.38. The van der Waals surface area contributed by atoms with Crippen LogP contribution in [0.5, 0.6) is 11.5 Å². The molecule has 0 amide bonds. The number of benzene rings is 2. The minimum atomic E-state index is 0.633. The molecule has 0 spiro atoms. The normalized spacial score (nSPS) is 13.6. The molecule has 92 valence electrons. The van der Waals surface area contributed by atoms with E-state index in [1.165, 1.54) is 17.7 Å². The van der Waals surface area contributed by atoms with E-state index >= 15 is 0 Å². The van der Waals surface area contributed by atoms with E-state index in [-0.39, 0.29) is 0 Å². The van der Waals surface area contributed by atoms with Gasteiger partial charge in [-0.1, -0.05) is 23.7 Å². The van der Waals surface area contributed by atoms with Crippen molar-refractivity contribution in [2.45, 2.75) is 12.8 Å². The van der Waals surface area contributed by atoms with Crippen molar-refractivity contribution in [3.8, 4) is 11.5 Å². The van der Waals surface area contributed by atoms with Gasteiger partial charge >= 0.3 is 0 Å². The number of hydrogen-bond acceptors (Lipinski definition) is 2. The Morgan fingerprint density at radius 1 is 1.11 bits per heavy atom. The lowest BCUT2D eigenvalue weighted by Crippen LogP contribution is -2.11. The Kier molecular flexibility index (Phi) is 3.11. The number of rotatable bonds is 2. The smallest absolute Gasteiger partial charge is 0.146 e. The van der Waals surface area contributed by atoms with Gasteiger partial charge in [0.25, 0.3) is 0 Å². The summed E-state index contributed by atoms with van der Waals surface area (Å²) >= 11 is 6.08. The van der Waals surface area contributed by atoms with Gasteiger partial charge in [0.15, 0.2) is 0 Å². The van der Waals surface area contributed by atoms with E-state index in [1.807, 2.05) is 30.3 Å². The van der Waals surface area contributed by atoms with Crippen LogP contribution in [0.2, 0.25) is 5.02 Å². The number of ether oxygens (including phenoxy) is 1. The molecule has 3 heteroatoms. The van der Waals surface area contributed by atoms with Crippen molar-refractivity contribution >= 4 is 17.3 Å². The van der Waals surface area contributed by atoms with Gasteiger partial charge in [0.05, 0.1) is 5.02 Å². The SMILES string of the molecule is Clc1ccccc1Oc1ccc2c(c1)CCCN2. The van der Waals surface area contributed by atoms with Crippen LogP contribution in [0.1, 0.15) is 12.0 Å². The number of fused-ring (bicyclic) bond motifs is 1. The van der Waals surface area contributed by atoms with Crippen LogP contribution in [0, 0.1) is 0 Å². The van der Waals surface area contributed by atoms with Crippen molar-refractivity contribution < 1.29 is 4.74 Å². The molecular formula is C15H14ClNO. The summed E-state index contributed by atoms with van der Waals surface area (Å²) in [6, 6.07) is 13.6. The molecule has 1 N–H and O–H groups in total. The standard InChI is InChI=1S/C15H14ClNO/c16-13-5-1-2-6-15(13)18-12-7-8-14-11(10-12)4-3-9-17-14/h1-2,5-8,10,17H,3-4,9H2. The third-order valence-corrected chi connectivity index (χ3v) is 3.39. The van der Waals surface area contributed by atoms with E-state index in [9.17, 15) is 0 Å². The summed E-state index contributed by atoms with van der Waals surface area (Å²) < 4.78 is 5.82. The fraction of sp³-hybridized carbons (Fsp3) is 0.200. The van der Waals surface area contributed by atoms with Gasteiger partial charge in [-0.05, 0) is 48.7 Å². The summed E-state index contributed by atoms with van der Waals surface area (Å²) in [6.45, 7) is 1.05. The zero-order chi connectivity index (χ0) is 12.4. The summed E-state index contributed by atoms with van der Waals surface area (Å²) in [5.41, 5.74) is 2.53. The Bertz CT molecular complexity index is 568. The molecule has 2 aromatic rings. The lowest BCUT2D eigenvalue weighted by molar-refractivity contribution is 0.482. The average molecular weight is 260 g/mol.